The van der Waals surface area contributed by atoms with Crippen LogP contribution in [0.15, 0.2) is 45.8 Å². The van der Waals surface area contributed by atoms with Crippen molar-refractivity contribution in [2.75, 3.05) is 13.2 Å². The molecule has 29 heavy (non-hydrogen) atoms. The number of likely N-dealkylation sites (N-methyl/N-ethyl adjacent to an activating group) is 1. The van der Waals surface area contributed by atoms with E-state index in [9.17, 15) is 4.79 Å². The summed E-state index contributed by atoms with van der Waals surface area (Å²) in [7, 11) is 0. The monoisotopic (exact) mass is 511 g/mol. The SMILES string of the molecule is CCOc1cc(/C=C2\SC(=S)N(CC)C2=O)c(Br)cc1OCc1ccccc1Cl. The molecule has 2 aromatic carbocycles. The second-order valence-corrected chi connectivity index (χ2v) is 9.00. The van der Waals surface area contributed by atoms with E-state index in [0.29, 0.717) is 45.5 Å². The lowest BCUT2D eigenvalue weighted by Crippen LogP contribution is -2.27. The fraction of sp³-hybridized carbons (Fsp3) is 0.238. The van der Waals surface area contributed by atoms with Crippen molar-refractivity contribution in [1.29, 1.82) is 0 Å². The van der Waals surface area contributed by atoms with Gasteiger partial charge >= 0.3 is 0 Å². The van der Waals surface area contributed by atoms with Crippen LogP contribution in [0.4, 0.5) is 0 Å². The van der Waals surface area contributed by atoms with Crippen LogP contribution in [-0.2, 0) is 11.4 Å². The Kier molecular flexibility index (Phi) is 7.62. The molecule has 0 atom stereocenters. The van der Waals surface area contributed by atoms with E-state index < -0.39 is 0 Å². The molecule has 1 amide bonds. The molecule has 3 rings (SSSR count). The summed E-state index contributed by atoms with van der Waals surface area (Å²) in [5.41, 5.74) is 1.70. The van der Waals surface area contributed by atoms with E-state index in [4.69, 9.17) is 33.3 Å². The van der Waals surface area contributed by atoms with Crippen LogP contribution < -0.4 is 9.47 Å². The lowest BCUT2D eigenvalue weighted by molar-refractivity contribution is -0.121. The largest absolute Gasteiger partial charge is 0.490 e. The van der Waals surface area contributed by atoms with Crippen molar-refractivity contribution in [2.45, 2.75) is 20.5 Å². The molecule has 0 aromatic heterocycles. The van der Waals surface area contributed by atoms with Crippen molar-refractivity contribution in [3.63, 3.8) is 0 Å². The van der Waals surface area contributed by atoms with Crippen LogP contribution >= 0.6 is 51.5 Å². The maximum Gasteiger partial charge on any atom is 0.266 e. The lowest BCUT2D eigenvalue weighted by Gasteiger charge is -2.15. The molecule has 1 fully saturated rings. The van der Waals surface area contributed by atoms with Crippen molar-refractivity contribution in [2.24, 2.45) is 0 Å². The highest BCUT2D eigenvalue weighted by molar-refractivity contribution is 9.10. The van der Waals surface area contributed by atoms with Crippen LogP contribution in [0.2, 0.25) is 5.02 Å². The molecule has 4 nitrogen and oxygen atoms in total. The standard InChI is InChI=1S/C21H19BrClNO3S2/c1-3-24-20(25)19(29-21(24)28)10-14-9-17(26-4-2)18(11-15(14)22)27-12-13-7-5-6-8-16(13)23/h5-11H,3-4,12H2,1-2H3/b19-10-. The van der Waals surface area contributed by atoms with Crippen LogP contribution in [0.1, 0.15) is 25.0 Å². The van der Waals surface area contributed by atoms with Crippen molar-refractivity contribution >= 4 is 67.8 Å². The van der Waals surface area contributed by atoms with Gasteiger partial charge in [-0.25, -0.2) is 0 Å². The zero-order chi connectivity index (χ0) is 21.0. The summed E-state index contributed by atoms with van der Waals surface area (Å²) in [6.07, 6.45) is 1.82. The third-order valence-electron chi connectivity index (χ3n) is 4.18. The first-order valence-electron chi connectivity index (χ1n) is 9.02. The molecule has 0 N–H and O–H groups in total. The van der Waals surface area contributed by atoms with E-state index in [1.54, 1.807) is 4.90 Å². The normalized spacial score (nSPS) is 15.3. The number of benzene rings is 2. The minimum atomic E-state index is -0.0774. The van der Waals surface area contributed by atoms with E-state index in [1.807, 2.05) is 56.3 Å². The van der Waals surface area contributed by atoms with Crippen LogP contribution in [0.5, 0.6) is 11.5 Å². The molecule has 1 aliphatic heterocycles. The topological polar surface area (TPSA) is 38.8 Å². The molecule has 0 bridgehead atoms. The summed E-state index contributed by atoms with van der Waals surface area (Å²) < 4.78 is 13.1. The summed E-state index contributed by atoms with van der Waals surface area (Å²) in [5.74, 6) is 1.11. The molecule has 8 heteroatoms. The van der Waals surface area contributed by atoms with E-state index in [2.05, 4.69) is 15.9 Å². The zero-order valence-corrected chi connectivity index (χ0v) is 19.9. The van der Waals surface area contributed by atoms with Crippen molar-refractivity contribution in [3.05, 3.63) is 61.9 Å². The van der Waals surface area contributed by atoms with E-state index in [0.717, 1.165) is 15.6 Å². The third kappa shape index (κ3) is 5.15. The van der Waals surface area contributed by atoms with Crippen LogP contribution in [0.3, 0.4) is 0 Å². The van der Waals surface area contributed by atoms with Crippen LogP contribution in [0, 0.1) is 0 Å². The first-order chi connectivity index (χ1) is 13.9. The Balaban J connectivity index is 1.88. The summed E-state index contributed by atoms with van der Waals surface area (Å²) in [6, 6.07) is 11.2. The van der Waals surface area contributed by atoms with Gasteiger partial charge in [-0.05, 0) is 43.7 Å². The lowest BCUT2D eigenvalue weighted by atomic mass is 10.1. The van der Waals surface area contributed by atoms with Gasteiger partial charge in [-0.2, -0.15) is 0 Å². The molecule has 2 aromatic rings. The van der Waals surface area contributed by atoms with Gasteiger partial charge < -0.3 is 9.47 Å². The number of carbonyl (C=O) groups excluding carboxylic acids is 1. The van der Waals surface area contributed by atoms with Gasteiger partial charge in [-0.1, -0.05) is 69.7 Å². The van der Waals surface area contributed by atoms with Gasteiger partial charge in [0.2, 0.25) is 0 Å². The van der Waals surface area contributed by atoms with E-state index in [1.165, 1.54) is 11.8 Å². The highest BCUT2D eigenvalue weighted by Gasteiger charge is 2.30. The van der Waals surface area contributed by atoms with Gasteiger partial charge in [-0.3, -0.25) is 9.69 Å². The average molecular weight is 513 g/mol. The van der Waals surface area contributed by atoms with Crippen LogP contribution in [0.25, 0.3) is 6.08 Å². The summed E-state index contributed by atoms with van der Waals surface area (Å²) in [4.78, 5) is 14.7. The molecule has 0 radical (unpaired) electrons. The number of nitrogens with zero attached hydrogens (tertiary/aromatic N) is 1. The van der Waals surface area contributed by atoms with E-state index >= 15 is 0 Å². The molecule has 1 saturated heterocycles. The van der Waals surface area contributed by atoms with Gasteiger partial charge in [0, 0.05) is 21.6 Å². The Bertz CT molecular complexity index is 980. The highest BCUT2D eigenvalue weighted by atomic mass is 79.9. The number of hydrogen-bond donors (Lipinski definition) is 0. The molecule has 1 aliphatic rings. The second-order valence-electron chi connectivity index (χ2n) is 6.06. The molecule has 0 aliphatic carbocycles. The van der Waals surface area contributed by atoms with Gasteiger partial charge in [0.15, 0.2) is 11.5 Å². The summed E-state index contributed by atoms with van der Waals surface area (Å²) >= 11 is 16.4. The first kappa shape index (κ1) is 22.2. The number of thiocarbonyl (C=S) groups is 1. The Labute approximate surface area is 193 Å². The van der Waals surface area contributed by atoms with Crippen molar-refractivity contribution < 1.29 is 14.3 Å². The number of halogens is 2. The predicted molar refractivity (Wildman–Crippen MR) is 127 cm³/mol. The predicted octanol–water partition coefficient (Wildman–Crippen LogP) is 6.30. The maximum atomic E-state index is 12.5. The number of hydrogen-bond acceptors (Lipinski definition) is 5. The van der Waals surface area contributed by atoms with Gasteiger partial charge in [0.05, 0.1) is 11.5 Å². The number of amides is 1. The van der Waals surface area contributed by atoms with Gasteiger partial charge in [0.25, 0.3) is 5.91 Å². The minimum Gasteiger partial charge on any atom is -0.490 e. The second kappa shape index (κ2) is 9.98. The number of rotatable bonds is 7. The quantitative estimate of drug-likeness (QED) is 0.321. The van der Waals surface area contributed by atoms with Gasteiger partial charge in [-0.15, -0.1) is 0 Å². The molecular formula is C21H19BrClNO3S2. The van der Waals surface area contributed by atoms with Gasteiger partial charge in [0.1, 0.15) is 10.9 Å². The van der Waals surface area contributed by atoms with Crippen molar-refractivity contribution in [3.8, 4) is 11.5 Å². The molecular weight excluding hydrogens is 494 g/mol. The highest BCUT2D eigenvalue weighted by Crippen LogP contribution is 2.38. The Hall–Kier alpha value is -1.54. The zero-order valence-electron chi connectivity index (χ0n) is 15.9. The molecule has 1 heterocycles. The summed E-state index contributed by atoms with van der Waals surface area (Å²) in [6.45, 7) is 5.18. The first-order valence-corrected chi connectivity index (χ1v) is 11.4. The Morgan fingerprint density at radius 1 is 1.21 bits per heavy atom. The fourth-order valence-corrected chi connectivity index (χ4v) is 4.73. The summed E-state index contributed by atoms with van der Waals surface area (Å²) in [5, 5.41) is 0.652. The number of ether oxygens (including phenoxy) is 2. The number of thioether (sulfide) groups is 1. The molecule has 152 valence electrons. The van der Waals surface area contributed by atoms with E-state index in [-0.39, 0.29) is 5.91 Å². The molecule has 0 saturated carbocycles. The minimum absolute atomic E-state index is 0.0774. The maximum absolute atomic E-state index is 12.5. The molecule has 0 unspecified atom stereocenters. The Morgan fingerprint density at radius 3 is 2.59 bits per heavy atom. The fourth-order valence-electron chi connectivity index (χ4n) is 2.73. The average Bonchev–Trinajstić information content (AvgIpc) is 2.96. The number of carbonyl (C=O) groups is 1. The molecule has 0 spiro atoms. The third-order valence-corrected chi connectivity index (χ3v) is 6.61. The van der Waals surface area contributed by atoms with Crippen LogP contribution in [-0.4, -0.2) is 28.3 Å². The smallest absolute Gasteiger partial charge is 0.266 e. The Morgan fingerprint density at radius 2 is 1.93 bits per heavy atom. The van der Waals surface area contributed by atoms with Crippen molar-refractivity contribution in [1.82, 2.24) is 4.90 Å².